The summed E-state index contributed by atoms with van der Waals surface area (Å²) in [5.41, 5.74) is 4.58. The number of methoxy groups -OCH3 is 1. The number of anilines is 1. The van der Waals surface area contributed by atoms with Gasteiger partial charge in [-0.15, -0.1) is 0 Å². The highest BCUT2D eigenvalue weighted by atomic mass is 32.1. The van der Waals surface area contributed by atoms with Crippen LogP contribution in [0.4, 0.5) is 5.69 Å². The van der Waals surface area contributed by atoms with Gasteiger partial charge in [0, 0.05) is 25.0 Å². The zero-order valence-corrected chi connectivity index (χ0v) is 17.2. The Morgan fingerprint density at radius 3 is 2.46 bits per heavy atom. The van der Waals surface area contributed by atoms with E-state index in [9.17, 15) is 9.59 Å². The maximum atomic E-state index is 13.1. The van der Waals surface area contributed by atoms with E-state index < -0.39 is 11.8 Å². The van der Waals surface area contributed by atoms with E-state index in [1.165, 1.54) is 4.90 Å². The van der Waals surface area contributed by atoms with Crippen LogP contribution in [0.1, 0.15) is 22.5 Å². The molecule has 2 heterocycles. The Morgan fingerprint density at radius 2 is 1.82 bits per heavy atom. The van der Waals surface area contributed by atoms with Crippen LogP contribution >= 0.6 is 12.2 Å². The number of benzene rings is 1. The van der Waals surface area contributed by atoms with E-state index >= 15 is 0 Å². The van der Waals surface area contributed by atoms with Crippen LogP contribution < -0.4 is 10.2 Å². The van der Waals surface area contributed by atoms with Crippen LogP contribution in [0.5, 0.6) is 0 Å². The Kier molecular flexibility index (Phi) is 5.76. The molecule has 0 radical (unpaired) electrons. The number of aryl methyl sites for hydroxylation is 2. The number of thiocarbonyl (C=S) groups is 1. The quantitative estimate of drug-likeness (QED) is 0.479. The molecule has 6 nitrogen and oxygen atoms in total. The fraction of sp³-hybridized carbons (Fsp3) is 0.286. The first kappa shape index (κ1) is 20.0. The molecule has 146 valence electrons. The van der Waals surface area contributed by atoms with Crippen LogP contribution in [0, 0.1) is 20.8 Å². The predicted molar refractivity (Wildman–Crippen MR) is 113 cm³/mol. The van der Waals surface area contributed by atoms with Gasteiger partial charge in [0.05, 0.1) is 12.3 Å². The third kappa shape index (κ3) is 3.76. The smallest absolute Gasteiger partial charge is 0.270 e. The molecule has 1 saturated heterocycles. The highest BCUT2D eigenvalue weighted by Crippen LogP contribution is 2.24. The topological polar surface area (TPSA) is 63.6 Å². The lowest BCUT2D eigenvalue weighted by molar-refractivity contribution is -0.122. The van der Waals surface area contributed by atoms with E-state index in [0.29, 0.717) is 18.8 Å². The first-order valence-corrected chi connectivity index (χ1v) is 9.38. The van der Waals surface area contributed by atoms with Crippen molar-refractivity contribution in [3.63, 3.8) is 0 Å². The van der Waals surface area contributed by atoms with Crippen molar-refractivity contribution >= 4 is 40.9 Å². The molecule has 1 N–H and O–H groups in total. The molecule has 1 aromatic carbocycles. The number of aromatic nitrogens is 1. The SMILES string of the molecule is COCCn1c(C)cc(/C=C2/C(=O)NC(=S)N(c3ccc(C)cc3)C2=O)c1C. The summed E-state index contributed by atoms with van der Waals surface area (Å²) in [6.45, 7) is 7.20. The van der Waals surface area contributed by atoms with Gasteiger partial charge >= 0.3 is 0 Å². The molecule has 7 heteroatoms. The Bertz CT molecular complexity index is 974. The van der Waals surface area contributed by atoms with E-state index in [1.54, 1.807) is 13.2 Å². The molecule has 3 rings (SSSR count). The van der Waals surface area contributed by atoms with Crippen LogP contribution in [-0.2, 0) is 20.9 Å². The summed E-state index contributed by atoms with van der Waals surface area (Å²) >= 11 is 5.24. The summed E-state index contributed by atoms with van der Waals surface area (Å²) in [6.07, 6.45) is 1.63. The third-order valence-corrected chi connectivity index (χ3v) is 5.11. The molecule has 1 aliphatic heterocycles. The predicted octanol–water partition coefficient (Wildman–Crippen LogP) is 2.89. The summed E-state index contributed by atoms with van der Waals surface area (Å²) in [7, 11) is 1.66. The fourth-order valence-corrected chi connectivity index (χ4v) is 3.52. The summed E-state index contributed by atoms with van der Waals surface area (Å²) in [5, 5.41) is 2.71. The monoisotopic (exact) mass is 397 g/mol. The van der Waals surface area contributed by atoms with Crippen molar-refractivity contribution in [2.45, 2.75) is 27.3 Å². The molecule has 28 heavy (non-hydrogen) atoms. The molecule has 0 unspecified atom stereocenters. The molecular formula is C21H23N3O3S. The first-order chi connectivity index (χ1) is 13.3. The Morgan fingerprint density at radius 1 is 1.14 bits per heavy atom. The summed E-state index contributed by atoms with van der Waals surface area (Å²) in [4.78, 5) is 26.9. The number of ether oxygens (including phenoxy) is 1. The third-order valence-electron chi connectivity index (χ3n) is 4.83. The molecule has 0 bridgehead atoms. The van der Waals surface area contributed by atoms with Gasteiger partial charge in [0.25, 0.3) is 11.8 Å². The second-order valence-electron chi connectivity index (χ2n) is 6.76. The van der Waals surface area contributed by atoms with Crippen LogP contribution in [0.2, 0.25) is 0 Å². The van der Waals surface area contributed by atoms with Gasteiger partial charge in [0.1, 0.15) is 5.57 Å². The van der Waals surface area contributed by atoms with Gasteiger partial charge in [0.2, 0.25) is 0 Å². The zero-order chi connectivity index (χ0) is 20.4. The van der Waals surface area contributed by atoms with Gasteiger partial charge in [-0.3, -0.25) is 19.8 Å². The van der Waals surface area contributed by atoms with Crippen LogP contribution in [0.3, 0.4) is 0 Å². The van der Waals surface area contributed by atoms with Crippen molar-refractivity contribution in [2.75, 3.05) is 18.6 Å². The van der Waals surface area contributed by atoms with Gasteiger partial charge in [-0.05, 0) is 62.8 Å². The number of rotatable bonds is 5. The maximum absolute atomic E-state index is 13.1. The van der Waals surface area contributed by atoms with E-state index in [2.05, 4.69) is 9.88 Å². The van der Waals surface area contributed by atoms with Crippen molar-refractivity contribution in [3.8, 4) is 0 Å². The molecular weight excluding hydrogens is 374 g/mol. The number of carbonyl (C=O) groups is 2. The lowest BCUT2D eigenvalue weighted by atomic mass is 10.1. The molecule has 0 atom stereocenters. The van der Waals surface area contributed by atoms with Crippen LogP contribution in [0.25, 0.3) is 6.08 Å². The number of nitrogens with one attached hydrogen (secondary N) is 1. The van der Waals surface area contributed by atoms with Crippen LogP contribution in [0.15, 0.2) is 35.9 Å². The number of hydrogen-bond acceptors (Lipinski definition) is 4. The van der Waals surface area contributed by atoms with Gasteiger partial charge in [-0.1, -0.05) is 17.7 Å². The second-order valence-corrected chi connectivity index (χ2v) is 7.15. The normalized spacial score (nSPS) is 16.1. The molecule has 2 aromatic rings. The highest BCUT2D eigenvalue weighted by molar-refractivity contribution is 7.80. The molecule has 1 aliphatic rings. The molecule has 0 aliphatic carbocycles. The van der Waals surface area contributed by atoms with E-state index in [-0.39, 0.29) is 10.7 Å². The van der Waals surface area contributed by atoms with Crippen molar-refractivity contribution in [2.24, 2.45) is 0 Å². The van der Waals surface area contributed by atoms with Gasteiger partial charge in [-0.2, -0.15) is 0 Å². The van der Waals surface area contributed by atoms with Crippen molar-refractivity contribution in [3.05, 3.63) is 58.4 Å². The average molecular weight is 398 g/mol. The maximum Gasteiger partial charge on any atom is 0.270 e. The van der Waals surface area contributed by atoms with E-state index in [4.69, 9.17) is 17.0 Å². The average Bonchev–Trinajstić information content (AvgIpc) is 2.91. The number of amides is 2. The summed E-state index contributed by atoms with van der Waals surface area (Å²) in [5.74, 6) is -0.917. The summed E-state index contributed by atoms with van der Waals surface area (Å²) < 4.78 is 7.26. The van der Waals surface area contributed by atoms with Gasteiger partial charge in [0.15, 0.2) is 5.11 Å². The Labute approximate surface area is 169 Å². The molecule has 1 fully saturated rings. The highest BCUT2D eigenvalue weighted by Gasteiger charge is 2.34. The fourth-order valence-electron chi connectivity index (χ4n) is 3.24. The zero-order valence-electron chi connectivity index (χ0n) is 16.4. The van der Waals surface area contributed by atoms with Crippen molar-refractivity contribution in [1.29, 1.82) is 0 Å². The number of hydrogen-bond donors (Lipinski definition) is 1. The minimum atomic E-state index is -0.486. The number of nitrogens with zero attached hydrogens (tertiary/aromatic N) is 2. The van der Waals surface area contributed by atoms with Crippen molar-refractivity contribution < 1.29 is 14.3 Å². The second kappa shape index (κ2) is 8.08. The van der Waals surface area contributed by atoms with Crippen molar-refractivity contribution in [1.82, 2.24) is 9.88 Å². The van der Waals surface area contributed by atoms with E-state index in [1.807, 2.05) is 51.1 Å². The first-order valence-electron chi connectivity index (χ1n) is 8.97. The standard InChI is InChI=1S/C21H23N3O3S/c1-13-5-7-17(8-6-13)24-20(26)18(19(25)22-21(24)28)12-16-11-14(2)23(15(16)3)9-10-27-4/h5-8,11-12H,9-10H2,1-4H3,(H,22,25,28)/b18-12-. The minimum absolute atomic E-state index is 0.0566. The minimum Gasteiger partial charge on any atom is -0.383 e. The van der Waals surface area contributed by atoms with E-state index in [0.717, 1.165) is 22.5 Å². The van der Waals surface area contributed by atoms with Crippen LogP contribution in [-0.4, -0.2) is 35.2 Å². The summed E-state index contributed by atoms with van der Waals surface area (Å²) in [6, 6.07) is 9.38. The molecule has 0 spiro atoms. The van der Waals surface area contributed by atoms with Gasteiger partial charge < -0.3 is 9.30 Å². The Hall–Kier alpha value is -2.77. The Balaban J connectivity index is 1.99. The molecule has 2 amide bonds. The van der Waals surface area contributed by atoms with Gasteiger partial charge in [-0.25, -0.2) is 0 Å². The number of carbonyl (C=O) groups excluding carboxylic acids is 2. The lowest BCUT2D eigenvalue weighted by Crippen LogP contribution is -2.54. The molecule has 1 aromatic heterocycles. The lowest BCUT2D eigenvalue weighted by Gasteiger charge is -2.29. The molecule has 0 saturated carbocycles. The largest absolute Gasteiger partial charge is 0.383 e.